The van der Waals surface area contributed by atoms with Crippen LogP contribution in [0.25, 0.3) is 0 Å². The highest BCUT2D eigenvalue weighted by Crippen LogP contribution is 2.27. The molecule has 128 valence electrons. The lowest BCUT2D eigenvalue weighted by molar-refractivity contribution is -0.118. The van der Waals surface area contributed by atoms with Crippen molar-refractivity contribution >= 4 is 21.6 Å². The van der Waals surface area contributed by atoms with Gasteiger partial charge in [0, 0.05) is 6.07 Å². The van der Waals surface area contributed by atoms with Gasteiger partial charge in [0.15, 0.2) is 16.4 Å². The average molecular weight is 349 g/mol. The molecule has 1 saturated heterocycles. The maximum absolute atomic E-state index is 12.1. The number of para-hydroxylation sites is 1. The van der Waals surface area contributed by atoms with Gasteiger partial charge in [0.2, 0.25) is 0 Å². The molecule has 1 aromatic heterocycles. The zero-order valence-electron chi connectivity index (χ0n) is 13.3. The van der Waals surface area contributed by atoms with Gasteiger partial charge in [-0.3, -0.25) is 4.79 Å². The third kappa shape index (κ3) is 3.94. The Morgan fingerprint density at radius 3 is 2.79 bits per heavy atom. The van der Waals surface area contributed by atoms with Crippen LogP contribution in [0, 0.1) is 6.92 Å². The molecule has 2 aromatic rings. The predicted molar refractivity (Wildman–Crippen MR) is 89.8 cm³/mol. The first-order valence-electron chi connectivity index (χ1n) is 7.67. The van der Waals surface area contributed by atoms with E-state index in [0.717, 1.165) is 5.69 Å². The zero-order valence-corrected chi connectivity index (χ0v) is 14.1. The largest absolute Gasteiger partial charge is 0.484 e. The first kappa shape index (κ1) is 16.5. The molecule has 0 unspecified atom stereocenters. The maximum atomic E-state index is 12.1. The fraction of sp³-hybridized carbons (Fsp3) is 0.375. The number of carbonyl (C=O) groups excluding carboxylic acids is 1. The van der Waals surface area contributed by atoms with Crippen molar-refractivity contribution in [3.8, 4) is 5.75 Å². The highest BCUT2D eigenvalue weighted by molar-refractivity contribution is 7.91. The molecule has 1 aromatic carbocycles. The number of rotatable bonds is 5. The Morgan fingerprint density at radius 2 is 2.12 bits per heavy atom. The minimum absolute atomic E-state index is 0.0531. The Labute approximate surface area is 140 Å². The topological polar surface area (TPSA) is 90.3 Å². The van der Waals surface area contributed by atoms with Crippen LogP contribution in [0.15, 0.2) is 36.4 Å². The summed E-state index contributed by atoms with van der Waals surface area (Å²) >= 11 is 0. The summed E-state index contributed by atoms with van der Waals surface area (Å²) in [6.45, 7) is 1.67. The van der Waals surface area contributed by atoms with E-state index in [1.54, 1.807) is 29.8 Å². The van der Waals surface area contributed by atoms with Crippen LogP contribution in [0.1, 0.15) is 18.2 Å². The molecule has 2 heterocycles. The van der Waals surface area contributed by atoms with Gasteiger partial charge in [-0.1, -0.05) is 18.2 Å². The highest BCUT2D eigenvalue weighted by atomic mass is 32.2. The molecule has 1 aliphatic heterocycles. The molecular weight excluding hydrogens is 330 g/mol. The van der Waals surface area contributed by atoms with Gasteiger partial charge in [0.1, 0.15) is 11.6 Å². The summed E-state index contributed by atoms with van der Waals surface area (Å²) in [5, 5.41) is 7.07. The molecule has 7 nitrogen and oxygen atoms in total. The van der Waals surface area contributed by atoms with Gasteiger partial charge >= 0.3 is 0 Å². The number of carbonyl (C=O) groups is 1. The number of sulfone groups is 1. The minimum Gasteiger partial charge on any atom is -0.484 e. The summed E-state index contributed by atoms with van der Waals surface area (Å²) in [6, 6.07) is 10.5. The van der Waals surface area contributed by atoms with Crippen LogP contribution in [-0.4, -0.2) is 42.2 Å². The Morgan fingerprint density at radius 1 is 1.38 bits per heavy atom. The van der Waals surface area contributed by atoms with Crippen LogP contribution in [0.3, 0.4) is 0 Å². The number of hydrogen-bond acceptors (Lipinski definition) is 5. The van der Waals surface area contributed by atoms with Crippen molar-refractivity contribution in [2.24, 2.45) is 0 Å². The van der Waals surface area contributed by atoms with E-state index in [0.29, 0.717) is 18.0 Å². The maximum Gasteiger partial charge on any atom is 0.263 e. The second-order valence-corrected chi connectivity index (χ2v) is 8.05. The van der Waals surface area contributed by atoms with E-state index < -0.39 is 9.84 Å². The number of aryl methyl sites for hydroxylation is 1. The molecule has 1 amide bonds. The van der Waals surface area contributed by atoms with E-state index in [2.05, 4.69) is 10.4 Å². The second-order valence-electron chi connectivity index (χ2n) is 5.82. The van der Waals surface area contributed by atoms with Crippen molar-refractivity contribution in [2.45, 2.75) is 19.4 Å². The SMILES string of the molecule is Cc1cc(NC(=O)COc2ccccc2)n([C@H]2CCS(=O)(=O)C2)n1. The van der Waals surface area contributed by atoms with Crippen molar-refractivity contribution in [2.75, 3.05) is 23.4 Å². The Kier molecular flexibility index (Phi) is 4.57. The van der Waals surface area contributed by atoms with Gasteiger partial charge in [-0.2, -0.15) is 5.10 Å². The minimum atomic E-state index is -3.02. The lowest BCUT2D eigenvalue weighted by Gasteiger charge is -2.14. The van der Waals surface area contributed by atoms with Crippen molar-refractivity contribution < 1.29 is 17.9 Å². The third-order valence-electron chi connectivity index (χ3n) is 3.79. The first-order chi connectivity index (χ1) is 11.4. The van der Waals surface area contributed by atoms with E-state index in [-0.39, 0.29) is 30.1 Å². The summed E-state index contributed by atoms with van der Waals surface area (Å²) in [5.41, 5.74) is 0.721. The van der Waals surface area contributed by atoms with Gasteiger partial charge in [-0.05, 0) is 25.5 Å². The number of anilines is 1. The molecule has 0 saturated carbocycles. The summed E-state index contributed by atoms with van der Waals surface area (Å²) in [7, 11) is -3.02. The van der Waals surface area contributed by atoms with Gasteiger partial charge in [0.05, 0.1) is 23.2 Å². The van der Waals surface area contributed by atoms with E-state index in [1.807, 2.05) is 18.2 Å². The normalized spacial score (nSPS) is 19.1. The summed E-state index contributed by atoms with van der Waals surface area (Å²) in [5.74, 6) is 0.995. The number of aromatic nitrogens is 2. The van der Waals surface area contributed by atoms with Gasteiger partial charge in [-0.15, -0.1) is 0 Å². The third-order valence-corrected chi connectivity index (χ3v) is 5.54. The smallest absolute Gasteiger partial charge is 0.263 e. The van der Waals surface area contributed by atoms with E-state index in [1.165, 1.54) is 0 Å². The number of ether oxygens (including phenoxy) is 1. The average Bonchev–Trinajstić information content (AvgIpc) is 3.08. The molecule has 3 rings (SSSR count). The number of nitrogens with one attached hydrogen (secondary N) is 1. The van der Waals surface area contributed by atoms with Crippen molar-refractivity contribution in [3.63, 3.8) is 0 Å². The molecule has 0 spiro atoms. The molecule has 1 atom stereocenters. The van der Waals surface area contributed by atoms with Crippen LogP contribution < -0.4 is 10.1 Å². The molecule has 0 aliphatic carbocycles. The summed E-state index contributed by atoms with van der Waals surface area (Å²) < 4.78 is 30.3. The number of hydrogen-bond donors (Lipinski definition) is 1. The van der Waals surface area contributed by atoms with Gasteiger partial charge < -0.3 is 10.1 Å². The van der Waals surface area contributed by atoms with E-state index in [9.17, 15) is 13.2 Å². The monoisotopic (exact) mass is 349 g/mol. The van der Waals surface area contributed by atoms with Crippen LogP contribution in [0.2, 0.25) is 0 Å². The number of benzene rings is 1. The van der Waals surface area contributed by atoms with Crippen LogP contribution >= 0.6 is 0 Å². The molecular formula is C16H19N3O4S. The predicted octanol–water partition coefficient (Wildman–Crippen LogP) is 1.57. The molecule has 8 heteroatoms. The van der Waals surface area contributed by atoms with Crippen LogP contribution in [0.5, 0.6) is 5.75 Å². The number of amides is 1. The second kappa shape index (κ2) is 6.64. The van der Waals surface area contributed by atoms with Crippen LogP contribution in [0.4, 0.5) is 5.82 Å². The summed E-state index contributed by atoms with van der Waals surface area (Å²) in [6.07, 6.45) is 0.507. The Bertz CT molecular complexity index is 830. The molecule has 24 heavy (non-hydrogen) atoms. The van der Waals surface area contributed by atoms with Crippen molar-refractivity contribution in [1.82, 2.24) is 9.78 Å². The van der Waals surface area contributed by atoms with Crippen molar-refractivity contribution in [3.05, 3.63) is 42.1 Å². The summed E-state index contributed by atoms with van der Waals surface area (Å²) in [4.78, 5) is 12.1. The molecule has 1 fully saturated rings. The van der Waals surface area contributed by atoms with Gasteiger partial charge in [-0.25, -0.2) is 13.1 Å². The van der Waals surface area contributed by atoms with Gasteiger partial charge in [0.25, 0.3) is 5.91 Å². The first-order valence-corrected chi connectivity index (χ1v) is 9.49. The standard InChI is InChI=1S/C16H19N3O4S/c1-12-9-15(19(18-12)13-7-8-24(21,22)11-13)17-16(20)10-23-14-5-3-2-4-6-14/h2-6,9,13H,7-8,10-11H2,1H3,(H,17,20)/t13-/m0/s1. The fourth-order valence-electron chi connectivity index (χ4n) is 2.70. The lowest BCUT2D eigenvalue weighted by Crippen LogP contribution is -2.23. The zero-order chi connectivity index (χ0) is 17.2. The fourth-order valence-corrected chi connectivity index (χ4v) is 4.39. The van der Waals surface area contributed by atoms with Crippen molar-refractivity contribution in [1.29, 1.82) is 0 Å². The van der Waals surface area contributed by atoms with E-state index >= 15 is 0 Å². The van der Waals surface area contributed by atoms with E-state index in [4.69, 9.17) is 4.74 Å². The molecule has 0 bridgehead atoms. The quantitative estimate of drug-likeness (QED) is 0.885. The van der Waals surface area contributed by atoms with Crippen LogP contribution in [-0.2, 0) is 14.6 Å². The Hall–Kier alpha value is -2.35. The Balaban J connectivity index is 1.66. The lowest BCUT2D eigenvalue weighted by atomic mass is 10.3. The number of nitrogens with zero attached hydrogens (tertiary/aromatic N) is 2. The highest BCUT2D eigenvalue weighted by Gasteiger charge is 2.31. The molecule has 0 radical (unpaired) electrons. The molecule has 1 aliphatic rings. The molecule has 1 N–H and O–H groups in total.